The Hall–Kier alpha value is -2.19. The third-order valence-corrected chi connectivity index (χ3v) is 8.17. The molecule has 0 aliphatic heterocycles. The van der Waals surface area contributed by atoms with Crippen LogP contribution in [-0.2, 0) is 27.7 Å². The normalized spacial score (nSPS) is 13.6. The first kappa shape index (κ1) is 31.0. The number of benzene rings is 1. The lowest BCUT2D eigenvalue weighted by Gasteiger charge is -2.29. The van der Waals surface area contributed by atoms with Gasteiger partial charge in [-0.3, -0.25) is 4.79 Å². The Balaban J connectivity index is 2.03. The summed E-state index contributed by atoms with van der Waals surface area (Å²) < 4.78 is 69.2. The number of nitrogens with one attached hydrogen (secondary N) is 1. The van der Waals surface area contributed by atoms with E-state index in [0.717, 1.165) is 41.8 Å². The monoisotopic (exact) mass is 566 g/mol. The number of alkyl halides is 3. The van der Waals surface area contributed by atoms with Crippen LogP contribution in [0.25, 0.3) is 0 Å². The predicted molar refractivity (Wildman–Crippen MR) is 134 cm³/mol. The zero-order chi connectivity index (χ0) is 27.9. The number of ether oxygens (including phenoxy) is 1. The summed E-state index contributed by atoms with van der Waals surface area (Å²) in [6.07, 6.45) is -4.04. The Bertz CT molecular complexity index is 1120. The summed E-state index contributed by atoms with van der Waals surface area (Å²) in [5.41, 5.74) is 1.02. The van der Waals surface area contributed by atoms with Crippen LogP contribution in [0.1, 0.15) is 44.2 Å². The number of hydrogen-bond donors (Lipinski definition) is 3. The summed E-state index contributed by atoms with van der Waals surface area (Å²) in [7, 11) is -3.11. The lowest BCUT2D eigenvalue weighted by molar-refractivity contribution is -0.274. The van der Waals surface area contributed by atoms with Crippen molar-refractivity contribution in [2.24, 2.45) is 0 Å². The minimum absolute atomic E-state index is 0.0579. The molecule has 0 amide bonds. The molecule has 0 saturated heterocycles. The van der Waals surface area contributed by atoms with Gasteiger partial charge in [-0.05, 0) is 79.6 Å². The van der Waals surface area contributed by atoms with E-state index in [1.54, 1.807) is 11.3 Å². The quantitative estimate of drug-likeness (QED) is 0.298. The molecule has 208 valence electrons. The molecule has 0 saturated carbocycles. The van der Waals surface area contributed by atoms with Crippen LogP contribution in [0.15, 0.2) is 39.9 Å². The Kier molecular flexibility index (Phi) is 10.9. The molecule has 0 radical (unpaired) electrons. The van der Waals surface area contributed by atoms with E-state index < -0.39 is 45.5 Å². The smallest absolute Gasteiger partial charge is 0.481 e. The third kappa shape index (κ3) is 11.0. The van der Waals surface area contributed by atoms with Crippen molar-refractivity contribution in [3.05, 3.63) is 46.2 Å². The molecule has 1 atom stereocenters. The molecule has 2 rings (SSSR count). The number of aliphatic hydroxyl groups excluding tert-OH is 1. The van der Waals surface area contributed by atoms with Crippen molar-refractivity contribution in [2.45, 2.75) is 68.9 Å². The van der Waals surface area contributed by atoms with Gasteiger partial charge in [-0.1, -0.05) is 0 Å². The number of likely N-dealkylation sites (N-methyl/N-ethyl adjacent to an activating group) is 1. The number of aliphatic hydroxyl groups is 1. The van der Waals surface area contributed by atoms with Gasteiger partial charge in [0.2, 0.25) is 10.0 Å². The number of rotatable bonds is 15. The SMILES string of the molecule is CN(CC(O)CNC(C)(C)CCCc1ccsc1)S(=O)(=O)c1cc(CCC(=O)O)cc(OC(F)(F)F)c1. The highest BCUT2D eigenvalue weighted by Gasteiger charge is 2.32. The fourth-order valence-electron chi connectivity index (χ4n) is 3.66. The van der Waals surface area contributed by atoms with Gasteiger partial charge < -0.3 is 20.3 Å². The second-order valence-corrected chi connectivity index (χ2v) is 12.3. The Morgan fingerprint density at radius 1 is 1.19 bits per heavy atom. The van der Waals surface area contributed by atoms with Crippen LogP contribution in [0.3, 0.4) is 0 Å². The van der Waals surface area contributed by atoms with Gasteiger partial charge in [0.25, 0.3) is 0 Å². The van der Waals surface area contributed by atoms with E-state index in [2.05, 4.69) is 21.5 Å². The number of carbonyl (C=O) groups is 1. The maximum absolute atomic E-state index is 13.1. The number of carboxylic acids is 1. The Labute approximate surface area is 219 Å². The number of halogens is 3. The average Bonchev–Trinajstić information content (AvgIpc) is 3.28. The molecule has 0 aliphatic rings. The van der Waals surface area contributed by atoms with Gasteiger partial charge in [0.1, 0.15) is 5.75 Å². The van der Waals surface area contributed by atoms with Crippen LogP contribution >= 0.6 is 11.3 Å². The van der Waals surface area contributed by atoms with E-state index in [4.69, 9.17) is 5.11 Å². The molecule has 13 heteroatoms. The van der Waals surface area contributed by atoms with Crippen LogP contribution in [0.2, 0.25) is 0 Å². The number of hydrogen-bond acceptors (Lipinski definition) is 7. The highest BCUT2D eigenvalue weighted by molar-refractivity contribution is 7.89. The van der Waals surface area contributed by atoms with E-state index in [1.807, 2.05) is 19.2 Å². The number of nitrogens with zero attached hydrogens (tertiary/aromatic N) is 1. The number of β-amino-alcohol motifs (C(OH)–C–C–N with tert-alkyl or cyclic N) is 1. The molecule has 37 heavy (non-hydrogen) atoms. The van der Waals surface area contributed by atoms with E-state index in [1.165, 1.54) is 12.6 Å². The highest BCUT2D eigenvalue weighted by Crippen LogP contribution is 2.29. The molecule has 1 unspecified atom stereocenters. The zero-order valence-corrected chi connectivity index (χ0v) is 22.5. The van der Waals surface area contributed by atoms with Crippen molar-refractivity contribution in [1.29, 1.82) is 0 Å². The van der Waals surface area contributed by atoms with Crippen LogP contribution < -0.4 is 10.1 Å². The lowest BCUT2D eigenvalue weighted by Crippen LogP contribution is -2.46. The number of aryl methyl sites for hydroxylation is 2. The van der Waals surface area contributed by atoms with Crippen LogP contribution in [0, 0.1) is 0 Å². The molecule has 1 heterocycles. The average molecular weight is 567 g/mol. The van der Waals surface area contributed by atoms with Gasteiger partial charge in [0.15, 0.2) is 0 Å². The van der Waals surface area contributed by atoms with Crippen molar-refractivity contribution in [1.82, 2.24) is 9.62 Å². The summed E-state index contributed by atoms with van der Waals surface area (Å²) in [5, 5.41) is 26.7. The summed E-state index contributed by atoms with van der Waals surface area (Å²) in [6.45, 7) is 3.76. The maximum atomic E-state index is 13.1. The van der Waals surface area contributed by atoms with Gasteiger partial charge in [-0.15, -0.1) is 13.2 Å². The van der Waals surface area contributed by atoms with Crippen molar-refractivity contribution in [3.63, 3.8) is 0 Å². The number of carboxylic acid groups (broad SMARTS) is 1. The molecule has 8 nitrogen and oxygen atoms in total. The van der Waals surface area contributed by atoms with E-state index in [9.17, 15) is 31.5 Å². The van der Waals surface area contributed by atoms with Crippen molar-refractivity contribution < 1.29 is 41.3 Å². The van der Waals surface area contributed by atoms with Gasteiger partial charge >= 0.3 is 12.3 Å². The fourth-order valence-corrected chi connectivity index (χ4v) is 5.66. The van der Waals surface area contributed by atoms with Crippen LogP contribution in [0.5, 0.6) is 5.75 Å². The van der Waals surface area contributed by atoms with E-state index in [-0.39, 0.29) is 30.6 Å². The minimum atomic E-state index is -5.06. The van der Waals surface area contributed by atoms with Gasteiger partial charge in [-0.2, -0.15) is 15.6 Å². The minimum Gasteiger partial charge on any atom is -0.481 e. The molecule has 2 aromatic rings. The van der Waals surface area contributed by atoms with Gasteiger partial charge in [-0.25, -0.2) is 8.42 Å². The molecular formula is C24H33F3N2O6S2. The third-order valence-electron chi connectivity index (χ3n) is 5.64. The number of sulfonamides is 1. The van der Waals surface area contributed by atoms with Crippen molar-refractivity contribution in [3.8, 4) is 5.75 Å². The van der Waals surface area contributed by atoms with Gasteiger partial charge in [0, 0.05) is 38.2 Å². The lowest BCUT2D eigenvalue weighted by atomic mass is 9.96. The highest BCUT2D eigenvalue weighted by atomic mass is 32.2. The van der Waals surface area contributed by atoms with Crippen molar-refractivity contribution >= 4 is 27.3 Å². The second kappa shape index (κ2) is 13.1. The molecule has 0 aliphatic carbocycles. The van der Waals surface area contributed by atoms with Crippen LogP contribution in [-0.4, -0.2) is 67.0 Å². The predicted octanol–water partition coefficient (Wildman–Crippen LogP) is 4.04. The standard InChI is InChI=1S/C24H33F3N2O6S2/c1-23(2,9-4-5-17-8-10-36-16-17)28-14-19(30)15-29(3)37(33,34)21-12-18(6-7-22(31)32)11-20(13-21)35-24(25,26)27/h8,10-13,16,19,28,30H,4-7,9,14-15H2,1-3H3,(H,31,32). The van der Waals surface area contributed by atoms with Gasteiger partial charge in [0.05, 0.1) is 11.0 Å². The first-order valence-electron chi connectivity index (χ1n) is 11.6. The van der Waals surface area contributed by atoms with Crippen molar-refractivity contribution in [2.75, 3.05) is 20.1 Å². The Morgan fingerprint density at radius 3 is 2.49 bits per heavy atom. The first-order chi connectivity index (χ1) is 17.1. The summed E-state index contributed by atoms with van der Waals surface area (Å²) >= 11 is 1.64. The molecule has 3 N–H and O–H groups in total. The Morgan fingerprint density at radius 2 is 1.89 bits per heavy atom. The zero-order valence-electron chi connectivity index (χ0n) is 20.9. The molecule has 1 aromatic carbocycles. The fraction of sp³-hybridized carbons (Fsp3) is 0.542. The number of aliphatic carboxylic acids is 1. The second-order valence-electron chi connectivity index (χ2n) is 9.44. The maximum Gasteiger partial charge on any atom is 0.573 e. The van der Waals surface area contributed by atoms with Crippen LogP contribution in [0.4, 0.5) is 13.2 Å². The topological polar surface area (TPSA) is 116 Å². The van der Waals surface area contributed by atoms with E-state index >= 15 is 0 Å². The molecule has 1 aromatic heterocycles. The molecule has 0 fully saturated rings. The largest absolute Gasteiger partial charge is 0.573 e. The molecule has 0 bridgehead atoms. The molecule has 0 spiro atoms. The van der Waals surface area contributed by atoms with E-state index in [0.29, 0.717) is 0 Å². The molecular weight excluding hydrogens is 533 g/mol. The summed E-state index contributed by atoms with van der Waals surface area (Å²) in [5.74, 6) is -1.96. The summed E-state index contributed by atoms with van der Waals surface area (Å²) in [6, 6.07) is 4.86. The number of thiophene rings is 1. The summed E-state index contributed by atoms with van der Waals surface area (Å²) in [4.78, 5) is 10.4. The first-order valence-corrected chi connectivity index (χ1v) is 14.0.